The van der Waals surface area contributed by atoms with Gasteiger partial charge < -0.3 is 21.1 Å². The number of amides is 1. The van der Waals surface area contributed by atoms with E-state index in [4.69, 9.17) is 10.5 Å². The summed E-state index contributed by atoms with van der Waals surface area (Å²) in [5, 5.41) is 6.06. The number of nitrogens with one attached hydrogen (secondary N) is 2. The lowest BCUT2D eigenvalue weighted by molar-refractivity contribution is -0.115. The van der Waals surface area contributed by atoms with Crippen LogP contribution in [0, 0.1) is 0 Å². The number of rotatable bonds is 3. The number of carbonyl (C=O) groups is 1. The monoisotopic (exact) mass is 347 g/mol. The lowest BCUT2D eigenvalue weighted by Gasteiger charge is -2.14. The number of hydrogen-bond acceptors (Lipinski definition) is 4. The van der Waals surface area contributed by atoms with E-state index < -0.39 is 0 Å². The Kier molecular flexibility index (Phi) is 3.47. The Morgan fingerprint density at radius 1 is 1.29 bits per heavy atom. The molecule has 4 N–H and O–H groups in total. The first-order chi connectivity index (χ1) is 10.1. The molecule has 0 atom stereocenters. The maximum absolute atomic E-state index is 11.4. The Morgan fingerprint density at radius 2 is 2.10 bits per heavy atom. The summed E-state index contributed by atoms with van der Waals surface area (Å²) < 4.78 is 6.26. The third-order valence-electron chi connectivity index (χ3n) is 3.33. The van der Waals surface area contributed by atoms with E-state index in [1.807, 2.05) is 30.3 Å². The summed E-state index contributed by atoms with van der Waals surface area (Å²) >= 11 is 3.43. The summed E-state index contributed by atoms with van der Waals surface area (Å²) in [6, 6.07) is 9.33. The highest BCUT2D eigenvalue weighted by atomic mass is 79.9. The topological polar surface area (TPSA) is 76.4 Å². The molecule has 0 radical (unpaired) electrons. The van der Waals surface area contributed by atoms with E-state index in [-0.39, 0.29) is 5.91 Å². The van der Waals surface area contributed by atoms with Crippen LogP contribution in [0.3, 0.4) is 0 Å². The Labute approximate surface area is 130 Å². The Hall–Kier alpha value is -2.21. The zero-order chi connectivity index (χ0) is 15.0. The fourth-order valence-electron chi connectivity index (χ4n) is 2.32. The number of methoxy groups -OCH3 is 1. The minimum absolute atomic E-state index is 0.0124. The Bertz CT molecular complexity index is 731. The summed E-state index contributed by atoms with van der Waals surface area (Å²) in [5.41, 5.74) is 9.89. The number of carbonyl (C=O) groups excluding carboxylic acids is 1. The molecule has 0 aromatic heterocycles. The summed E-state index contributed by atoms with van der Waals surface area (Å²) in [5.74, 6) is 0.698. The zero-order valence-electron chi connectivity index (χ0n) is 11.4. The van der Waals surface area contributed by atoms with Crippen molar-refractivity contribution < 1.29 is 9.53 Å². The first-order valence-corrected chi connectivity index (χ1v) is 7.19. The molecule has 0 saturated heterocycles. The molecule has 21 heavy (non-hydrogen) atoms. The van der Waals surface area contributed by atoms with Crippen LogP contribution in [0.15, 0.2) is 34.8 Å². The molecule has 2 aromatic rings. The predicted octanol–water partition coefficient (Wildman–Crippen LogP) is 3.28. The van der Waals surface area contributed by atoms with Crippen molar-refractivity contribution in [3.63, 3.8) is 0 Å². The zero-order valence-corrected chi connectivity index (χ0v) is 13.0. The van der Waals surface area contributed by atoms with Crippen LogP contribution in [0.25, 0.3) is 0 Å². The van der Waals surface area contributed by atoms with Gasteiger partial charge in [-0.25, -0.2) is 0 Å². The first kappa shape index (κ1) is 13.8. The molecule has 1 amide bonds. The third-order valence-corrected chi connectivity index (χ3v) is 3.82. The number of fused-ring (bicyclic) bond motifs is 1. The average molecular weight is 348 g/mol. The standard InChI is InChI=1S/C15H14BrN3O2/c1-21-14-3-2-9(16)6-13(14)18-12-7-11-8(4-10(12)17)5-15(20)19-11/h2-4,6-7,18H,5,17H2,1H3,(H,19,20). The van der Waals surface area contributed by atoms with Crippen LogP contribution >= 0.6 is 15.9 Å². The molecule has 0 fully saturated rings. The highest BCUT2D eigenvalue weighted by molar-refractivity contribution is 9.10. The van der Waals surface area contributed by atoms with E-state index in [9.17, 15) is 4.79 Å². The van der Waals surface area contributed by atoms with E-state index in [0.717, 1.165) is 27.1 Å². The van der Waals surface area contributed by atoms with Gasteiger partial charge in [0.05, 0.1) is 30.6 Å². The van der Waals surface area contributed by atoms with Gasteiger partial charge in [0.2, 0.25) is 5.91 Å². The molecule has 0 bridgehead atoms. The smallest absolute Gasteiger partial charge is 0.228 e. The average Bonchev–Trinajstić information content (AvgIpc) is 2.78. The quantitative estimate of drug-likeness (QED) is 0.744. The molecule has 1 aliphatic heterocycles. The van der Waals surface area contributed by atoms with Gasteiger partial charge >= 0.3 is 0 Å². The number of nitrogens with two attached hydrogens (primary N) is 1. The highest BCUT2D eigenvalue weighted by Gasteiger charge is 2.19. The highest BCUT2D eigenvalue weighted by Crippen LogP contribution is 2.36. The van der Waals surface area contributed by atoms with Crippen LogP contribution < -0.4 is 21.1 Å². The number of anilines is 4. The molecule has 0 aliphatic carbocycles. The van der Waals surface area contributed by atoms with Gasteiger partial charge in [-0.05, 0) is 35.9 Å². The van der Waals surface area contributed by atoms with E-state index in [2.05, 4.69) is 26.6 Å². The van der Waals surface area contributed by atoms with Crippen LogP contribution in [0.2, 0.25) is 0 Å². The second-order valence-corrected chi connectivity index (χ2v) is 5.71. The van der Waals surface area contributed by atoms with Crippen LogP contribution in [-0.2, 0) is 11.2 Å². The first-order valence-electron chi connectivity index (χ1n) is 6.39. The SMILES string of the molecule is COc1ccc(Br)cc1Nc1cc2c(cc1N)CC(=O)N2. The molecule has 0 unspecified atom stereocenters. The van der Waals surface area contributed by atoms with Gasteiger partial charge in [-0.2, -0.15) is 0 Å². The van der Waals surface area contributed by atoms with Crippen LogP contribution in [0.1, 0.15) is 5.56 Å². The maximum atomic E-state index is 11.4. The molecular formula is C15H14BrN3O2. The normalized spacial score (nSPS) is 12.8. The fourth-order valence-corrected chi connectivity index (χ4v) is 2.69. The minimum Gasteiger partial charge on any atom is -0.495 e. The lowest BCUT2D eigenvalue weighted by Crippen LogP contribution is -2.03. The predicted molar refractivity (Wildman–Crippen MR) is 87.2 cm³/mol. The molecule has 2 aromatic carbocycles. The van der Waals surface area contributed by atoms with E-state index >= 15 is 0 Å². The largest absolute Gasteiger partial charge is 0.495 e. The van der Waals surface area contributed by atoms with Gasteiger partial charge in [0.1, 0.15) is 5.75 Å². The van der Waals surface area contributed by atoms with Crippen LogP contribution in [0.4, 0.5) is 22.7 Å². The van der Waals surface area contributed by atoms with E-state index in [0.29, 0.717) is 17.9 Å². The number of ether oxygens (including phenoxy) is 1. The van der Waals surface area contributed by atoms with Crippen molar-refractivity contribution in [2.45, 2.75) is 6.42 Å². The molecular weight excluding hydrogens is 334 g/mol. The molecule has 5 nitrogen and oxygen atoms in total. The summed E-state index contributed by atoms with van der Waals surface area (Å²) in [7, 11) is 1.61. The summed E-state index contributed by atoms with van der Waals surface area (Å²) in [4.78, 5) is 11.4. The summed E-state index contributed by atoms with van der Waals surface area (Å²) in [6.45, 7) is 0. The van der Waals surface area contributed by atoms with E-state index in [1.165, 1.54) is 0 Å². The van der Waals surface area contributed by atoms with Crippen molar-refractivity contribution in [1.29, 1.82) is 0 Å². The van der Waals surface area contributed by atoms with Crippen molar-refractivity contribution in [2.75, 3.05) is 23.5 Å². The van der Waals surface area contributed by atoms with Gasteiger partial charge in [-0.3, -0.25) is 4.79 Å². The van der Waals surface area contributed by atoms with Crippen molar-refractivity contribution in [2.24, 2.45) is 0 Å². The second kappa shape index (κ2) is 5.29. The van der Waals surface area contributed by atoms with Crippen molar-refractivity contribution in [1.82, 2.24) is 0 Å². The Morgan fingerprint density at radius 3 is 2.86 bits per heavy atom. The second-order valence-electron chi connectivity index (χ2n) is 4.79. The molecule has 0 spiro atoms. The van der Waals surface area contributed by atoms with Gasteiger partial charge in [-0.15, -0.1) is 0 Å². The van der Waals surface area contributed by atoms with Crippen LogP contribution in [-0.4, -0.2) is 13.0 Å². The summed E-state index contributed by atoms with van der Waals surface area (Å²) in [6.07, 6.45) is 0.375. The molecule has 1 heterocycles. The van der Waals surface area contributed by atoms with Gasteiger partial charge in [-0.1, -0.05) is 15.9 Å². The van der Waals surface area contributed by atoms with Gasteiger partial charge in [0, 0.05) is 10.2 Å². The van der Waals surface area contributed by atoms with Crippen molar-refractivity contribution in [3.8, 4) is 5.75 Å². The molecule has 3 rings (SSSR count). The maximum Gasteiger partial charge on any atom is 0.228 e. The van der Waals surface area contributed by atoms with Crippen molar-refractivity contribution >= 4 is 44.6 Å². The minimum atomic E-state index is -0.0124. The van der Waals surface area contributed by atoms with E-state index in [1.54, 1.807) is 7.11 Å². The van der Waals surface area contributed by atoms with Gasteiger partial charge in [0.15, 0.2) is 0 Å². The number of halogens is 1. The van der Waals surface area contributed by atoms with Crippen LogP contribution in [0.5, 0.6) is 5.75 Å². The number of hydrogen-bond donors (Lipinski definition) is 3. The third kappa shape index (κ3) is 2.67. The molecule has 108 valence electrons. The fraction of sp³-hybridized carbons (Fsp3) is 0.133. The number of nitrogen functional groups attached to an aromatic ring is 1. The Balaban J connectivity index is 1.98. The molecule has 1 aliphatic rings. The molecule has 6 heteroatoms. The lowest BCUT2D eigenvalue weighted by atomic mass is 10.1. The van der Waals surface area contributed by atoms with Gasteiger partial charge in [0.25, 0.3) is 0 Å². The number of benzene rings is 2. The molecule has 0 saturated carbocycles. The van der Waals surface area contributed by atoms with Crippen molar-refractivity contribution in [3.05, 3.63) is 40.4 Å².